The smallest absolute Gasteiger partial charge is 0.252 e. The molecular formula is C13H18F2N2O3S. The van der Waals surface area contributed by atoms with E-state index in [4.69, 9.17) is 5.11 Å². The van der Waals surface area contributed by atoms with Crippen molar-refractivity contribution in [1.82, 2.24) is 4.31 Å². The standard InChI is InChI=1S/C13H18F2N2O3S/c14-13(15)9-17(7-8-18)21(19,20)12-5-1-4-11-10(12)3-2-6-16-11/h1,4-5,13,16,18H,2-3,6-9H2. The Labute approximate surface area is 122 Å². The molecular weight excluding hydrogens is 302 g/mol. The lowest BCUT2D eigenvalue weighted by Gasteiger charge is -2.25. The van der Waals surface area contributed by atoms with Crippen molar-refractivity contribution in [2.45, 2.75) is 24.2 Å². The van der Waals surface area contributed by atoms with Crippen LogP contribution >= 0.6 is 0 Å². The van der Waals surface area contributed by atoms with Gasteiger partial charge < -0.3 is 10.4 Å². The first-order valence-electron chi connectivity index (χ1n) is 6.71. The largest absolute Gasteiger partial charge is 0.395 e. The predicted octanol–water partition coefficient (Wildman–Crippen LogP) is 1.29. The van der Waals surface area contributed by atoms with Gasteiger partial charge in [-0.3, -0.25) is 0 Å². The fraction of sp³-hybridized carbons (Fsp3) is 0.538. The van der Waals surface area contributed by atoms with Gasteiger partial charge in [0.25, 0.3) is 6.43 Å². The van der Waals surface area contributed by atoms with E-state index >= 15 is 0 Å². The number of benzene rings is 1. The second kappa shape index (κ2) is 6.67. The minimum absolute atomic E-state index is 0.0429. The van der Waals surface area contributed by atoms with E-state index in [9.17, 15) is 17.2 Å². The molecule has 8 heteroatoms. The molecule has 118 valence electrons. The van der Waals surface area contributed by atoms with Gasteiger partial charge in [0.05, 0.1) is 18.0 Å². The Balaban J connectivity index is 2.42. The van der Waals surface area contributed by atoms with Crippen LogP contribution in [0.5, 0.6) is 0 Å². The summed E-state index contributed by atoms with van der Waals surface area (Å²) in [6, 6.07) is 4.79. The first-order chi connectivity index (χ1) is 9.96. The predicted molar refractivity (Wildman–Crippen MR) is 75.1 cm³/mol. The zero-order chi connectivity index (χ0) is 15.5. The van der Waals surface area contributed by atoms with Crippen LogP contribution in [0.2, 0.25) is 0 Å². The van der Waals surface area contributed by atoms with E-state index in [1.54, 1.807) is 12.1 Å². The summed E-state index contributed by atoms with van der Waals surface area (Å²) < 4.78 is 51.0. The van der Waals surface area contributed by atoms with Crippen molar-refractivity contribution in [1.29, 1.82) is 0 Å². The van der Waals surface area contributed by atoms with Crippen LogP contribution in [0.3, 0.4) is 0 Å². The lowest BCUT2D eigenvalue weighted by atomic mass is 10.0. The van der Waals surface area contributed by atoms with E-state index in [0.29, 0.717) is 16.3 Å². The summed E-state index contributed by atoms with van der Waals surface area (Å²) in [5.74, 6) is 0. The number of alkyl halides is 2. The Morgan fingerprint density at radius 2 is 2.14 bits per heavy atom. The highest BCUT2D eigenvalue weighted by Gasteiger charge is 2.30. The van der Waals surface area contributed by atoms with Crippen molar-refractivity contribution in [2.24, 2.45) is 0 Å². The maximum atomic E-state index is 12.6. The minimum atomic E-state index is -4.05. The molecule has 1 aliphatic heterocycles. The molecule has 21 heavy (non-hydrogen) atoms. The molecule has 2 N–H and O–H groups in total. The zero-order valence-electron chi connectivity index (χ0n) is 11.4. The summed E-state index contributed by atoms with van der Waals surface area (Å²) in [6.07, 6.45) is -1.42. The Kier molecular flexibility index (Phi) is 5.13. The molecule has 0 amide bonds. The van der Waals surface area contributed by atoms with E-state index < -0.39 is 29.6 Å². The van der Waals surface area contributed by atoms with Crippen LogP contribution < -0.4 is 5.32 Å². The summed E-state index contributed by atoms with van der Waals surface area (Å²) in [6.45, 7) is -1.00. The van der Waals surface area contributed by atoms with Crippen molar-refractivity contribution < 1.29 is 22.3 Å². The van der Waals surface area contributed by atoms with Crippen LogP contribution in [0.4, 0.5) is 14.5 Å². The Bertz CT molecular complexity index is 593. The number of sulfonamides is 1. The number of fused-ring (bicyclic) bond motifs is 1. The number of aliphatic hydroxyl groups excluding tert-OH is 1. The summed E-state index contributed by atoms with van der Waals surface area (Å²) in [5, 5.41) is 12.0. The number of hydrogen-bond acceptors (Lipinski definition) is 4. The first-order valence-corrected chi connectivity index (χ1v) is 8.15. The number of anilines is 1. The molecule has 0 atom stereocenters. The average molecular weight is 320 g/mol. The van der Waals surface area contributed by atoms with E-state index in [2.05, 4.69) is 5.32 Å². The van der Waals surface area contributed by atoms with Crippen molar-refractivity contribution in [3.05, 3.63) is 23.8 Å². The molecule has 0 fully saturated rings. The number of nitrogens with zero attached hydrogens (tertiary/aromatic N) is 1. The highest BCUT2D eigenvalue weighted by molar-refractivity contribution is 7.89. The number of rotatable bonds is 6. The van der Waals surface area contributed by atoms with Crippen LogP contribution in [-0.4, -0.2) is 50.5 Å². The molecule has 1 heterocycles. The van der Waals surface area contributed by atoms with Gasteiger partial charge in [-0.2, -0.15) is 4.31 Å². The summed E-state index contributed by atoms with van der Waals surface area (Å²) >= 11 is 0. The first kappa shape index (κ1) is 16.1. The molecule has 1 aliphatic rings. The fourth-order valence-corrected chi connectivity index (χ4v) is 4.12. The fourth-order valence-electron chi connectivity index (χ4n) is 2.43. The number of halogens is 2. The van der Waals surface area contributed by atoms with Gasteiger partial charge in [-0.05, 0) is 30.5 Å². The van der Waals surface area contributed by atoms with E-state index in [1.165, 1.54) is 6.07 Å². The van der Waals surface area contributed by atoms with Crippen molar-refractivity contribution in [2.75, 3.05) is 31.6 Å². The molecule has 0 saturated heterocycles. The third kappa shape index (κ3) is 3.50. The van der Waals surface area contributed by atoms with Gasteiger partial charge in [-0.1, -0.05) is 6.07 Å². The molecule has 1 aromatic carbocycles. The lowest BCUT2D eigenvalue weighted by molar-refractivity contribution is 0.113. The topological polar surface area (TPSA) is 69.6 Å². The highest BCUT2D eigenvalue weighted by Crippen LogP contribution is 2.30. The quantitative estimate of drug-likeness (QED) is 0.829. The van der Waals surface area contributed by atoms with Crippen LogP contribution in [0.15, 0.2) is 23.1 Å². The van der Waals surface area contributed by atoms with Crippen LogP contribution in [0, 0.1) is 0 Å². The molecule has 0 saturated carbocycles. The maximum absolute atomic E-state index is 12.6. The van der Waals surface area contributed by atoms with Crippen molar-refractivity contribution in [3.8, 4) is 0 Å². The average Bonchev–Trinajstić information content (AvgIpc) is 2.45. The van der Waals surface area contributed by atoms with Gasteiger partial charge in [0.15, 0.2) is 0 Å². The minimum Gasteiger partial charge on any atom is -0.395 e. The molecule has 5 nitrogen and oxygen atoms in total. The number of nitrogens with one attached hydrogen (secondary N) is 1. The van der Waals surface area contributed by atoms with Crippen molar-refractivity contribution in [3.63, 3.8) is 0 Å². The van der Waals surface area contributed by atoms with E-state index in [-0.39, 0.29) is 11.4 Å². The molecule has 0 aromatic heterocycles. The molecule has 0 unspecified atom stereocenters. The van der Waals surface area contributed by atoms with Crippen LogP contribution in [-0.2, 0) is 16.4 Å². The second-order valence-electron chi connectivity index (χ2n) is 4.79. The Hall–Kier alpha value is -1.25. The summed E-state index contributed by atoms with van der Waals surface area (Å²) in [7, 11) is -4.05. The lowest BCUT2D eigenvalue weighted by Crippen LogP contribution is -2.38. The zero-order valence-corrected chi connectivity index (χ0v) is 12.2. The number of aliphatic hydroxyl groups is 1. The van der Waals surface area contributed by atoms with Gasteiger partial charge in [-0.25, -0.2) is 17.2 Å². The molecule has 2 rings (SSSR count). The third-order valence-corrected chi connectivity index (χ3v) is 5.31. The summed E-state index contributed by atoms with van der Waals surface area (Å²) in [5.41, 5.74) is 1.35. The van der Waals surface area contributed by atoms with Crippen LogP contribution in [0.25, 0.3) is 0 Å². The van der Waals surface area contributed by atoms with Crippen LogP contribution in [0.1, 0.15) is 12.0 Å². The van der Waals surface area contributed by atoms with E-state index in [0.717, 1.165) is 18.7 Å². The van der Waals surface area contributed by atoms with E-state index in [1.807, 2.05) is 0 Å². The molecule has 0 bridgehead atoms. The third-order valence-electron chi connectivity index (χ3n) is 3.36. The SMILES string of the molecule is O=S(=O)(c1cccc2c1CCCN2)N(CCO)CC(F)F. The van der Waals surface area contributed by atoms with Gasteiger partial charge in [0.1, 0.15) is 0 Å². The maximum Gasteiger partial charge on any atom is 0.252 e. The Morgan fingerprint density at radius 3 is 2.81 bits per heavy atom. The van der Waals surface area contributed by atoms with Gasteiger partial charge in [0, 0.05) is 18.8 Å². The number of hydrogen-bond donors (Lipinski definition) is 2. The normalized spacial score (nSPS) is 15.1. The second-order valence-corrected chi connectivity index (χ2v) is 6.70. The monoisotopic (exact) mass is 320 g/mol. The molecule has 1 aromatic rings. The van der Waals surface area contributed by atoms with Gasteiger partial charge in [0.2, 0.25) is 10.0 Å². The molecule has 0 aliphatic carbocycles. The molecule has 0 spiro atoms. The Morgan fingerprint density at radius 1 is 1.38 bits per heavy atom. The summed E-state index contributed by atoms with van der Waals surface area (Å²) in [4.78, 5) is 0.0429. The van der Waals surface area contributed by atoms with Crippen molar-refractivity contribution >= 4 is 15.7 Å². The van der Waals surface area contributed by atoms with Gasteiger partial charge in [-0.15, -0.1) is 0 Å². The van der Waals surface area contributed by atoms with Gasteiger partial charge >= 0.3 is 0 Å². The highest BCUT2D eigenvalue weighted by atomic mass is 32.2. The molecule has 0 radical (unpaired) electrons.